The first kappa shape index (κ1) is 27.4. The summed E-state index contributed by atoms with van der Waals surface area (Å²) in [5.74, 6) is 0.846. The lowest BCUT2D eigenvalue weighted by molar-refractivity contribution is 0.0997. The van der Waals surface area contributed by atoms with Crippen LogP contribution in [0.15, 0.2) is 42.6 Å². The molecule has 224 valence electrons. The monoisotopic (exact) mass is 602 g/mol. The van der Waals surface area contributed by atoms with Gasteiger partial charge in [-0.05, 0) is 62.6 Å². The maximum atomic E-state index is 16.7. The Labute approximate surface area is 255 Å². The minimum atomic E-state index is -0.492. The summed E-state index contributed by atoms with van der Waals surface area (Å²) in [6.07, 6.45) is 7.20. The molecule has 4 atom stereocenters. The highest BCUT2D eigenvalue weighted by molar-refractivity contribution is 6.36. The molecular weight excluding hydrogens is 567 g/mol. The zero-order valence-corrected chi connectivity index (χ0v) is 25.1. The number of hydrogen-bond donors (Lipinski definition) is 1. The van der Waals surface area contributed by atoms with Crippen LogP contribution in [0.2, 0.25) is 5.02 Å². The number of hydrogen-bond acceptors (Lipinski definition) is 8. The topological polar surface area (TPSA) is 75.6 Å². The standard InChI is InChI=1S/C33H36ClFN6O2/c1-42-23-14-33(10-4-11-41(33)18-23)19-43-32-38-30-25(31(39-32)40-12-9-20-13-22(17-40)36-15-20)16-37-29(28(30)35)24-7-2-5-21-6-3-8-26(34)27(21)24/h2-3,5-8,16,20,22-23,36H,4,9-15,17-19H2,1H3/t20?,22?,23-,33+/m0/s1. The second-order valence-corrected chi connectivity index (χ2v) is 13.1. The summed E-state index contributed by atoms with van der Waals surface area (Å²) in [4.78, 5) is 19.1. The maximum absolute atomic E-state index is 16.7. The summed E-state index contributed by atoms with van der Waals surface area (Å²) < 4.78 is 28.9. The van der Waals surface area contributed by atoms with E-state index in [1.54, 1.807) is 13.3 Å². The van der Waals surface area contributed by atoms with Gasteiger partial charge in [0.2, 0.25) is 0 Å². The van der Waals surface area contributed by atoms with Crippen LogP contribution >= 0.6 is 11.6 Å². The Morgan fingerprint density at radius 1 is 1.14 bits per heavy atom. The van der Waals surface area contributed by atoms with Gasteiger partial charge < -0.3 is 19.7 Å². The smallest absolute Gasteiger partial charge is 0.319 e. The Hall–Kier alpha value is -3.11. The number of fused-ring (bicyclic) bond motifs is 5. The van der Waals surface area contributed by atoms with Crippen molar-refractivity contribution in [3.05, 3.63) is 53.4 Å². The van der Waals surface area contributed by atoms with Gasteiger partial charge in [0.25, 0.3) is 0 Å². The molecule has 8 rings (SSSR count). The third-order valence-corrected chi connectivity index (χ3v) is 10.5. The van der Waals surface area contributed by atoms with Crippen LogP contribution in [0.5, 0.6) is 6.01 Å². The number of ether oxygens (including phenoxy) is 2. The number of benzene rings is 2. The summed E-state index contributed by atoms with van der Waals surface area (Å²) in [6.45, 7) is 5.10. The summed E-state index contributed by atoms with van der Waals surface area (Å²) in [5.41, 5.74) is 0.974. The molecule has 10 heteroatoms. The Morgan fingerprint density at radius 3 is 2.91 bits per heavy atom. The van der Waals surface area contributed by atoms with E-state index in [0.29, 0.717) is 40.4 Å². The molecule has 0 amide bonds. The van der Waals surface area contributed by atoms with Gasteiger partial charge in [0.15, 0.2) is 5.82 Å². The lowest BCUT2D eigenvalue weighted by Crippen LogP contribution is -2.43. The fourth-order valence-corrected chi connectivity index (χ4v) is 8.26. The predicted molar refractivity (Wildman–Crippen MR) is 166 cm³/mol. The van der Waals surface area contributed by atoms with Gasteiger partial charge in [-0.15, -0.1) is 0 Å². The fourth-order valence-electron chi connectivity index (χ4n) is 7.98. The predicted octanol–water partition coefficient (Wildman–Crippen LogP) is 5.46. The van der Waals surface area contributed by atoms with Crippen LogP contribution in [0.1, 0.15) is 32.1 Å². The highest BCUT2D eigenvalue weighted by atomic mass is 35.5. The van der Waals surface area contributed by atoms with Crippen molar-refractivity contribution in [2.45, 2.75) is 49.8 Å². The normalized spacial score (nSPS) is 27.2. The molecule has 1 N–H and O–H groups in total. The van der Waals surface area contributed by atoms with Crippen LogP contribution in [-0.2, 0) is 4.74 Å². The van der Waals surface area contributed by atoms with Gasteiger partial charge in [0.05, 0.1) is 17.0 Å². The van der Waals surface area contributed by atoms with Gasteiger partial charge in [-0.25, -0.2) is 4.39 Å². The van der Waals surface area contributed by atoms with E-state index in [1.807, 2.05) is 36.4 Å². The van der Waals surface area contributed by atoms with E-state index < -0.39 is 5.82 Å². The van der Waals surface area contributed by atoms with Crippen LogP contribution in [0.25, 0.3) is 32.9 Å². The fraction of sp³-hybridized carbons (Fsp3) is 0.485. The number of aromatic nitrogens is 3. The quantitative estimate of drug-likeness (QED) is 0.312. The van der Waals surface area contributed by atoms with E-state index >= 15 is 4.39 Å². The van der Waals surface area contributed by atoms with Crippen molar-refractivity contribution in [3.8, 4) is 17.3 Å². The summed E-state index contributed by atoms with van der Waals surface area (Å²) in [7, 11) is 1.78. The molecule has 4 saturated heterocycles. The molecule has 0 aliphatic carbocycles. The zero-order valence-electron chi connectivity index (χ0n) is 24.4. The maximum Gasteiger partial charge on any atom is 0.319 e. The largest absolute Gasteiger partial charge is 0.461 e. The van der Waals surface area contributed by atoms with E-state index in [1.165, 1.54) is 0 Å². The molecule has 0 spiro atoms. The first-order valence-electron chi connectivity index (χ1n) is 15.4. The highest BCUT2D eigenvalue weighted by Crippen LogP contribution is 2.41. The Kier molecular flexibility index (Phi) is 6.89. The van der Waals surface area contributed by atoms with Crippen molar-refractivity contribution < 1.29 is 13.9 Å². The Morgan fingerprint density at radius 2 is 2.02 bits per heavy atom. The van der Waals surface area contributed by atoms with Crippen molar-refractivity contribution in [3.63, 3.8) is 0 Å². The molecule has 6 heterocycles. The molecule has 8 nitrogen and oxygen atoms in total. The lowest BCUT2D eigenvalue weighted by Gasteiger charge is -2.31. The molecule has 4 aromatic rings. The van der Waals surface area contributed by atoms with Gasteiger partial charge in [-0.1, -0.05) is 41.9 Å². The van der Waals surface area contributed by atoms with Gasteiger partial charge in [-0.2, -0.15) is 9.97 Å². The molecule has 0 saturated carbocycles. The molecule has 2 unspecified atom stereocenters. The van der Waals surface area contributed by atoms with Gasteiger partial charge >= 0.3 is 6.01 Å². The highest BCUT2D eigenvalue weighted by Gasteiger charge is 2.49. The van der Waals surface area contributed by atoms with Crippen LogP contribution in [-0.4, -0.2) is 84.0 Å². The molecule has 2 bridgehead atoms. The third kappa shape index (κ3) is 4.72. The summed E-state index contributed by atoms with van der Waals surface area (Å²) in [5, 5.41) is 6.50. The number of halogens is 2. The van der Waals surface area contributed by atoms with Crippen molar-refractivity contribution in [2.24, 2.45) is 5.92 Å². The van der Waals surface area contributed by atoms with Crippen LogP contribution < -0.4 is 15.0 Å². The van der Waals surface area contributed by atoms with Gasteiger partial charge in [0.1, 0.15) is 23.6 Å². The number of nitrogens with one attached hydrogen (secondary N) is 1. The molecular formula is C33H36ClFN6O2. The molecule has 2 aromatic carbocycles. The van der Waals surface area contributed by atoms with Crippen LogP contribution in [0.3, 0.4) is 0 Å². The third-order valence-electron chi connectivity index (χ3n) is 10.2. The summed E-state index contributed by atoms with van der Waals surface area (Å²) >= 11 is 6.63. The van der Waals surface area contributed by atoms with Crippen LogP contribution in [0, 0.1) is 11.7 Å². The van der Waals surface area contributed by atoms with Crippen LogP contribution in [0.4, 0.5) is 10.2 Å². The average molecular weight is 603 g/mol. The first-order valence-corrected chi connectivity index (χ1v) is 15.8. The molecule has 4 fully saturated rings. The number of methoxy groups -OCH3 is 1. The van der Waals surface area contributed by atoms with Crippen molar-refractivity contribution in [1.29, 1.82) is 0 Å². The van der Waals surface area contributed by atoms with E-state index in [9.17, 15) is 0 Å². The minimum absolute atomic E-state index is 0.105. The number of nitrogens with zero attached hydrogens (tertiary/aromatic N) is 5. The van der Waals surface area contributed by atoms with E-state index in [0.717, 1.165) is 75.6 Å². The number of anilines is 1. The van der Waals surface area contributed by atoms with Crippen molar-refractivity contribution in [2.75, 3.05) is 51.3 Å². The average Bonchev–Trinajstić information content (AvgIpc) is 3.67. The minimum Gasteiger partial charge on any atom is -0.461 e. The van der Waals surface area contributed by atoms with Crippen molar-refractivity contribution in [1.82, 2.24) is 25.2 Å². The Bertz CT molecular complexity index is 1700. The van der Waals surface area contributed by atoms with E-state index in [2.05, 4.69) is 20.1 Å². The second-order valence-electron chi connectivity index (χ2n) is 12.7. The molecule has 4 aliphatic rings. The SMILES string of the molecule is CO[C@@H]1CN2CCC[C@]2(COc2nc(N3CCC4CNC(C4)C3)c3cnc(-c4cccc5cccc(Cl)c45)c(F)c3n2)C1. The first-order chi connectivity index (χ1) is 21.0. The van der Waals surface area contributed by atoms with E-state index in [-0.39, 0.29) is 28.9 Å². The molecule has 0 radical (unpaired) electrons. The van der Waals surface area contributed by atoms with Gasteiger partial charge in [0, 0.05) is 55.0 Å². The molecule has 4 aliphatic heterocycles. The van der Waals surface area contributed by atoms with E-state index in [4.69, 9.17) is 31.0 Å². The number of pyridine rings is 1. The molecule has 2 aromatic heterocycles. The van der Waals surface area contributed by atoms with Crippen molar-refractivity contribution >= 4 is 39.1 Å². The summed E-state index contributed by atoms with van der Waals surface area (Å²) in [6, 6.07) is 12.0. The zero-order chi connectivity index (χ0) is 29.1. The second kappa shape index (κ2) is 10.8. The lowest BCUT2D eigenvalue weighted by atomic mass is 9.94. The Balaban J connectivity index is 1.23. The molecule has 43 heavy (non-hydrogen) atoms. The van der Waals surface area contributed by atoms with Gasteiger partial charge in [-0.3, -0.25) is 9.88 Å². The number of rotatable bonds is 6.